The van der Waals surface area contributed by atoms with E-state index in [0.29, 0.717) is 0 Å². The lowest BCUT2D eigenvalue weighted by atomic mass is 10.2. The van der Waals surface area contributed by atoms with Crippen LogP contribution in [0.1, 0.15) is 0 Å². The molecule has 0 saturated heterocycles. The van der Waals surface area contributed by atoms with Gasteiger partial charge >= 0.3 is 7.60 Å². The van der Waals surface area contributed by atoms with Crippen molar-refractivity contribution >= 4 is 23.3 Å². The summed E-state index contributed by atoms with van der Waals surface area (Å²) in [4.78, 5) is 7.23. The number of sulfonamides is 1. The van der Waals surface area contributed by atoms with Gasteiger partial charge in [0.2, 0.25) is 18.4 Å². The Balaban J connectivity index is 2.09. The molecule has 1 heterocycles. The predicted molar refractivity (Wildman–Crippen MR) is 86.0 cm³/mol. The van der Waals surface area contributed by atoms with Crippen LogP contribution in [0, 0.1) is 29.1 Å². The van der Waals surface area contributed by atoms with Crippen molar-refractivity contribution in [3.05, 3.63) is 41.2 Å². The highest BCUT2D eigenvalue weighted by Gasteiger charge is 2.34. The van der Waals surface area contributed by atoms with Gasteiger partial charge in [-0.1, -0.05) is 0 Å². The minimum absolute atomic E-state index is 0.166. The molecule has 0 aliphatic carbocycles. The van der Waals surface area contributed by atoms with Crippen LogP contribution >= 0.6 is 7.60 Å². The van der Waals surface area contributed by atoms with Gasteiger partial charge in [0.25, 0.3) is 10.0 Å². The molecule has 1 aliphatic rings. The summed E-state index contributed by atoms with van der Waals surface area (Å²) in [6, 6.07) is 1.74. The number of fused-ring (bicyclic) bond motifs is 1. The van der Waals surface area contributed by atoms with E-state index in [1.54, 1.807) is 4.72 Å². The number of ether oxygens (including phenoxy) is 2. The number of benzene rings is 2. The molecule has 0 bridgehead atoms. The van der Waals surface area contributed by atoms with Crippen LogP contribution in [-0.4, -0.2) is 26.8 Å². The first-order chi connectivity index (χ1) is 13.3. The molecule has 1 atom stereocenters. The first kappa shape index (κ1) is 21.1. The third-order valence-electron chi connectivity index (χ3n) is 3.40. The Morgan fingerprint density at radius 1 is 1.03 bits per heavy atom. The van der Waals surface area contributed by atoms with E-state index in [-0.39, 0.29) is 18.3 Å². The van der Waals surface area contributed by atoms with E-state index in [1.165, 1.54) is 0 Å². The van der Waals surface area contributed by atoms with E-state index in [9.17, 15) is 39.8 Å². The maximum atomic E-state index is 13.8. The van der Waals surface area contributed by atoms with Gasteiger partial charge in [-0.05, 0) is 0 Å². The van der Waals surface area contributed by atoms with Gasteiger partial charge < -0.3 is 18.9 Å². The Kier molecular flexibility index (Phi) is 5.13. The highest BCUT2D eigenvalue weighted by molar-refractivity contribution is 7.92. The molecule has 2 aromatic rings. The molecule has 8 nitrogen and oxygen atoms in total. The molecular weight excluding hydrogens is 452 g/mol. The summed E-state index contributed by atoms with van der Waals surface area (Å²) in [7, 11) is -9.50. The highest BCUT2D eigenvalue weighted by Crippen LogP contribution is 2.49. The fourth-order valence-corrected chi connectivity index (χ4v) is 4.00. The lowest BCUT2D eigenvalue weighted by molar-refractivity contribution is 0.172. The second-order valence-corrected chi connectivity index (χ2v) is 9.01. The standard InChI is InChI=1S/C14H9F5NO7PS/c1-28(21,22)27-7-3-5(2-6-13(7)26-4-25-6)20-29(23,24)14-11(18)9(16)8(15)10(17)12(14)19/h2-3,20H,4H2,1H3,(H,21,22). The summed E-state index contributed by atoms with van der Waals surface area (Å²) in [6.45, 7) is 0.444. The summed E-state index contributed by atoms with van der Waals surface area (Å²) >= 11 is 0. The molecule has 0 amide bonds. The quantitative estimate of drug-likeness (QED) is 0.305. The van der Waals surface area contributed by atoms with Crippen molar-refractivity contribution in [2.24, 2.45) is 0 Å². The number of rotatable bonds is 5. The average Bonchev–Trinajstić information content (AvgIpc) is 3.05. The van der Waals surface area contributed by atoms with Gasteiger partial charge in [-0.3, -0.25) is 4.72 Å². The van der Waals surface area contributed by atoms with Gasteiger partial charge in [0, 0.05) is 18.8 Å². The molecule has 29 heavy (non-hydrogen) atoms. The van der Waals surface area contributed by atoms with E-state index in [1.807, 2.05) is 0 Å². The number of halogens is 5. The van der Waals surface area contributed by atoms with Crippen molar-refractivity contribution in [2.75, 3.05) is 18.2 Å². The van der Waals surface area contributed by atoms with Crippen molar-refractivity contribution in [1.82, 2.24) is 0 Å². The average molecular weight is 461 g/mol. The van der Waals surface area contributed by atoms with Gasteiger partial charge in [0.1, 0.15) is 0 Å². The van der Waals surface area contributed by atoms with Crippen molar-refractivity contribution in [1.29, 1.82) is 0 Å². The Bertz CT molecular complexity index is 1140. The minimum atomic E-state index is -5.34. The summed E-state index contributed by atoms with van der Waals surface area (Å²) < 4.78 is 120. The van der Waals surface area contributed by atoms with Crippen molar-refractivity contribution in [2.45, 2.75) is 4.90 Å². The van der Waals surface area contributed by atoms with Crippen molar-refractivity contribution in [3.63, 3.8) is 0 Å². The largest absolute Gasteiger partial charge is 0.453 e. The van der Waals surface area contributed by atoms with Gasteiger partial charge in [-0.15, -0.1) is 0 Å². The molecule has 0 saturated carbocycles. The van der Waals surface area contributed by atoms with E-state index >= 15 is 0 Å². The number of anilines is 1. The highest BCUT2D eigenvalue weighted by atomic mass is 32.2. The molecule has 15 heteroatoms. The summed E-state index contributed by atoms with van der Waals surface area (Å²) in [5, 5.41) is 0. The van der Waals surface area contributed by atoms with Gasteiger partial charge in [0.15, 0.2) is 39.7 Å². The fraction of sp³-hybridized carbons (Fsp3) is 0.143. The molecular formula is C14H9F5NO7PS. The van der Waals surface area contributed by atoms with Gasteiger partial charge in [-0.25, -0.2) is 34.9 Å². The number of hydrogen-bond donors (Lipinski definition) is 2. The monoisotopic (exact) mass is 461 g/mol. The lowest BCUT2D eigenvalue weighted by Crippen LogP contribution is -2.19. The van der Waals surface area contributed by atoms with E-state index in [0.717, 1.165) is 18.8 Å². The predicted octanol–water partition coefficient (Wildman–Crippen LogP) is 3.11. The number of hydrogen-bond acceptors (Lipinski definition) is 6. The van der Waals surface area contributed by atoms with E-state index in [2.05, 4.69) is 0 Å². The normalized spacial score (nSPS) is 15.1. The van der Waals surface area contributed by atoms with Crippen LogP contribution in [0.2, 0.25) is 0 Å². The summed E-state index contributed by atoms with van der Waals surface area (Å²) in [5.41, 5.74) is -0.540. The van der Waals surface area contributed by atoms with E-state index < -0.39 is 63.0 Å². The lowest BCUT2D eigenvalue weighted by Gasteiger charge is -2.14. The van der Waals surface area contributed by atoms with Crippen LogP contribution in [0.15, 0.2) is 17.0 Å². The molecule has 158 valence electrons. The zero-order valence-corrected chi connectivity index (χ0v) is 15.7. The first-order valence-electron chi connectivity index (χ1n) is 7.29. The van der Waals surface area contributed by atoms with E-state index in [4.69, 9.17) is 14.0 Å². The van der Waals surface area contributed by atoms with Crippen molar-refractivity contribution < 1.29 is 53.8 Å². The molecule has 1 unspecified atom stereocenters. The molecule has 0 aromatic heterocycles. The molecule has 3 rings (SSSR count). The van der Waals surface area contributed by atoms with Crippen LogP contribution in [-0.2, 0) is 14.6 Å². The maximum Gasteiger partial charge on any atom is 0.373 e. The SMILES string of the molecule is CP(=O)(O)Oc1cc(NS(=O)(=O)c2c(F)c(F)c(F)c(F)c2F)cc2c1OCO2. The third-order valence-corrected chi connectivity index (χ3v) is 5.33. The molecule has 0 fully saturated rings. The van der Waals surface area contributed by atoms with Crippen LogP contribution in [0.4, 0.5) is 27.6 Å². The topological polar surface area (TPSA) is 111 Å². The molecule has 2 aromatic carbocycles. The Hall–Kier alpha value is -2.57. The van der Waals surface area contributed by atoms with Gasteiger partial charge in [0.05, 0.1) is 5.69 Å². The fourth-order valence-electron chi connectivity index (χ4n) is 2.31. The summed E-state index contributed by atoms with van der Waals surface area (Å²) in [6.07, 6.45) is 0. The second kappa shape index (κ2) is 7.04. The molecule has 0 radical (unpaired) electrons. The van der Waals surface area contributed by atoms with Crippen LogP contribution in [0.3, 0.4) is 0 Å². The van der Waals surface area contributed by atoms with Gasteiger partial charge in [-0.2, -0.15) is 0 Å². The van der Waals surface area contributed by atoms with Crippen LogP contribution in [0.25, 0.3) is 0 Å². The Labute approximate surface area is 159 Å². The zero-order chi connectivity index (χ0) is 21.7. The molecule has 1 aliphatic heterocycles. The van der Waals surface area contributed by atoms with Crippen LogP contribution < -0.4 is 18.7 Å². The smallest absolute Gasteiger partial charge is 0.373 e. The van der Waals surface area contributed by atoms with Crippen molar-refractivity contribution in [3.8, 4) is 17.2 Å². The Morgan fingerprint density at radius 3 is 2.14 bits per heavy atom. The molecule has 2 N–H and O–H groups in total. The molecule has 0 spiro atoms. The summed E-state index contributed by atoms with van der Waals surface area (Å²) in [5.74, 6) is -13.4. The third kappa shape index (κ3) is 3.95. The number of nitrogens with one attached hydrogen (secondary N) is 1. The Morgan fingerprint density at radius 2 is 1.59 bits per heavy atom. The first-order valence-corrected chi connectivity index (χ1v) is 10.8. The second-order valence-electron chi connectivity index (χ2n) is 5.61. The maximum absolute atomic E-state index is 13.8. The van der Waals surface area contributed by atoms with Crippen LogP contribution in [0.5, 0.6) is 17.2 Å². The minimum Gasteiger partial charge on any atom is -0.453 e. The zero-order valence-electron chi connectivity index (χ0n) is 14.0.